The second-order valence-corrected chi connectivity index (χ2v) is 42.7. The standard InChI is InChI=1S/2C27H28N4O4.2C26H29N3O6S/c2*1-17(2)34-23-8-7-18(13-19(23)15-28)26-29-25(30-35-26)21-5-4-6-22-20(21)9-10-27(22)14-24(32)31(16-27)11-12-33-3;2*1-16(2)34-21-8-7-17(13-22(21)36(3,32)33)25-27-24(28-35-25)19-5-4-6-20-18(19)9-10-26(20)14-23(31)29(15-26)11-12-30/h2*4-8,13,17H,9-12,14,16H2,1-3H3;2*4-8,13,16,30H,9-12,14-15H2,1-3H3/t2*27-;2*26-/m1010/s1. The summed E-state index contributed by atoms with van der Waals surface area (Å²) in [4.78, 5) is 76.4. The highest BCUT2D eigenvalue weighted by atomic mass is 32.2. The summed E-state index contributed by atoms with van der Waals surface area (Å²) >= 11 is 0. The Bertz CT molecular complexity index is 6740. The summed E-state index contributed by atoms with van der Waals surface area (Å²) in [5.41, 5.74) is 15.0. The molecule has 142 heavy (non-hydrogen) atoms. The lowest BCUT2D eigenvalue weighted by Gasteiger charge is -2.25. The fraction of sp³-hybridized carbons (Fsp3) is 0.415. The Balaban J connectivity index is 0.000000130. The third kappa shape index (κ3) is 20.3. The third-order valence-electron chi connectivity index (χ3n) is 27.6. The Hall–Kier alpha value is -13.9. The zero-order chi connectivity index (χ0) is 100. The predicted molar refractivity (Wildman–Crippen MR) is 522 cm³/mol. The summed E-state index contributed by atoms with van der Waals surface area (Å²) < 4.78 is 105. The molecular formula is C106H114N14O20S2. The molecule has 4 aliphatic heterocycles. The van der Waals surface area contributed by atoms with Crippen LogP contribution in [0.4, 0.5) is 0 Å². The molecule has 8 heterocycles. The van der Waals surface area contributed by atoms with E-state index in [9.17, 15) is 56.8 Å². The van der Waals surface area contributed by atoms with Gasteiger partial charge in [0, 0.05) is 171 Å². The molecule has 8 aromatic carbocycles. The van der Waals surface area contributed by atoms with Gasteiger partial charge in [0.2, 0.25) is 46.9 Å². The number of hydrogen-bond donors (Lipinski definition) is 2. The lowest BCUT2D eigenvalue weighted by atomic mass is 9.80. The van der Waals surface area contributed by atoms with Crippen molar-refractivity contribution in [2.75, 3.05) is 106 Å². The number of aromatic nitrogens is 8. The number of aliphatic hydroxyl groups excluding tert-OH is 2. The Morgan fingerprint density at radius 2 is 0.627 bits per heavy atom. The highest BCUT2D eigenvalue weighted by molar-refractivity contribution is 7.91. The van der Waals surface area contributed by atoms with Gasteiger partial charge in [-0.2, -0.15) is 30.5 Å². The van der Waals surface area contributed by atoms with Gasteiger partial charge in [-0.05, 0) is 224 Å². The molecule has 34 nitrogen and oxygen atoms in total. The van der Waals surface area contributed by atoms with Gasteiger partial charge in [-0.25, -0.2) is 16.8 Å². The number of ether oxygens (including phenoxy) is 6. The quantitative estimate of drug-likeness (QED) is 0.0460. The van der Waals surface area contributed by atoms with Crippen molar-refractivity contribution in [2.45, 2.75) is 188 Å². The van der Waals surface area contributed by atoms with E-state index in [0.717, 1.165) is 108 Å². The molecule has 12 aromatic rings. The van der Waals surface area contributed by atoms with Gasteiger partial charge in [-0.1, -0.05) is 93.4 Å². The van der Waals surface area contributed by atoms with Crippen LogP contribution in [0.3, 0.4) is 0 Å². The maximum atomic E-state index is 12.7. The molecule has 20 rings (SSSR count). The van der Waals surface area contributed by atoms with Crippen LogP contribution in [-0.2, 0) is 95.7 Å². The molecule has 0 saturated carbocycles. The Labute approximate surface area is 823 Å². The monoisotopic (exact) mass is 1970 g/mol. The minimum absolute atomic E-state index is 0.0337. The van der Waals surface area contributed by atoms with Crippen LogP contribution in [0.1, 0.15) is 162 Å². The molecule has 36 heteroatoms. The fourth-order valence-corrected chi connectivity index (χ4v) is 23.0. The van der Waals surface area contributed by atoms with Gasteiger partial charge in [-0.3, -0.25) is 19.2 Å². The summed E-state index contributed by atoms with van der Waals surface area (Å²) in [7, 11) is -3.79. The Morgan fingerprint density at radius 1 is 0.373 bits per heavy atom. The van der Waals surface area contributed by atoms with E-state index >= 15 is 0 Å². The zero-order valence-corrected chi connectivity index (χ0v) is 83.1. The van der Waals surface area contributed by atoms with Crippen molar-refractivity contribution < 1.29 is 92.7 Å². The first kappa shape index (κ1) is 99.7. The number of hydrogen-bond acceptors (Lipinski definition) is 30. The van der Waals surface area contributed by atoms with Crippen molar-refractivity contribution in [3.8, 4) is 127 Å². The van der Waals surface area contributed by atoms with E-state index in [1.54, 1.807) is 72.6 Å². The Morgan fingerprint density at radius 3 is 0.873 bits per heavy atom. The lowest BCUT2D eigenvalue weighted by Crippen LogP contribution is -2.32. The van der Waals surface area contributed by atoms with Gasteiger partial charge in [0.15, 0.2) is 19.7 Å². The second-order valence-electron chi connectivity index (χ2n) is 38.7. The lowest BCUT2D eigenvalue weighted by molar-refractivity contribution is -0.129. The van der Waals surface area contributed by atoms with Crippen molar-refractivity contribution in [1.82, 2.24) is 60.2 Å². The van der Waals surface area contributed by atoms with Gasteiger partial charge in [0.25, 0.3) is 23.6 Å². The minimum Gasteiger partial charge on any atom is -0.490 e. The van der Waals surface area contributed by atoms with E-state index in [1.165, 1.54) is 34.4 Å². The summed E-state index contributed by atoms with van der Waals surface area (Å²) in [5.74, 6) is 5.08. The first-order chi connectivity index (χ1) is 68.1. The topological polar surface area (TPSA) is 449 Å². The normalized spacial score (nSPS) is 19.2. The predicted octanol–water partition coefficient (Wildman–Crippen LogP) is 14.3. The SMILES string of the molecule is CC(C)Oc1ccc(-c2nc(-c3cccc4c3CC[C@@]43CC(=O)N(CCO)C3)no2)cc1S(C)(=O)=O.CC(C)Oc1ccc(-c2nc(-c3cccc4c3CC[C@]43CC(=O)N(CCO)C3)no2)cc1S(C)(=O)=O.COCCN1C[C@@]2(CCc3c(-c4noc(-c5ccc(OC(C)C)c(C#N)c5)n4)cccc32)CC1=O.COCCN1C[C@]2(CCc3c(-c4noc(-c5ccc(OC(C)C)c(C#N)c5)n4)cccc32)CC1=O. The molecule has 0 unspecified atom stereocenters. The van der Waals surface area contributed by atoms with Gasteiger partial charge in [0.05, 0.1) is 62.0 Å². The molecule has 4 aliphatic carbocycles. The van der Waals surface area contributed by atoms with Crippen LogP contribution in [0.5, 0.6) is 23.0 Å². The number of methoxy groups -OCH3 is 2. The minimum atomic E-state index is -3.55. The molecule has 4 atom stereocenters. The van der Waals surface area contributed by atoms with Crippen LogP contribution in [0.15, 0.2) is 173 Å². The number of β-amino-alcohol motifs (C(OH)–C–C–N with tert-alkyl or cyclic N) is 2. The van der Waals surface area contributed by atoms with Gasteiger partial charge >= 0.3 is 0 Å². The molecular weight excluding hydrogens is 1850 g/mol. The molecule has 8 aliphatic rings. The van der Waals surface area contributed by atoms with E-state index < -0.39 is 19.7 Å². The van der Waals surface area contributed by atoms with Gasteiger partial charge in [0.1, 0.15) is 44.9 Å². The van der Waals surface area contributed by atoms with Crippen molar-refractivity contribution >= 4 is 43.3 Å². The van der Waals surface area contributed by atoms with E-state index in [-0.39, 0.29) is 116 Å². The molecule has 4 fully saturated rings. The van der Waals surface area contributed by atoms with E-state index in [1.807, 2.05) is 126 Å². The fourth-order valence-electron chi connectivity index (χ4n) is 21.3. The molecule has 4 saturated heterocycles. The number of carbonyl (C=O) groups is 4. The summed E-state index contributed by atoms with van der Waals surface area (Å²) in [5, 5.41) is 54.6. The maximum Gasteiger partial charge on any atom is 0.258 e. The average molecular weight is 1970 g/mol. The van der Waals surface area contributed by atoms with Crippen LogP contribution < -0.4 is 18.9 Å². The molecule has 0 bridgehead atoms. The summed E-state index contributed by atoms with van der Waals surface area (Å²) in [6.07, 6.45) is 10.6. The third-order valence-corrected chi connectivity index (χ3v) is 29.8. The van der Waals surface area contributed by atoms with E-state index in [4.69, 9.17) is 46.5 Å². The van der Waals surface area contributed by atoms with Crippen LogP contribution in [0.2, 0.25) is 0 Å². The molecule has 4 aromatic heterocycles. The smallest absolute Gasteiger partial charge is 0.258 e. The number of benzene rings is 8. The zero-order valence-electron chi connectivity index (χ0n) is 81.5. The number of aliphatic hydroxyl groups is 2. The van der Waals surface area contributed by atoms with E-state index in [2.05, 4.69) is 77.0 Å². The molecule has 0 radical (unpaired) electrons. The second kappa shape index (κ2) is 41.0. The van der Waals surface area contributed by atoms with Gasteiger partial charge in [-0.15, -0.1) is 0 Å². The number of carbonyl (C=O) groups excluding carboxylic acids is 4. The number of rotatable bonds is 28. The first-order valence-electron chi connectivity index (χ1n) is 47.7. The van der Waals surface area contributed by atoms with Crippen LogP contribution >= 0.6 is 0 Å². The van der Waals surface area contributed by atoms with Crippen LogP contribution in [0, 0.1) is 22.7 Å². The summed E-state index contributed by atoms with van der Waals surface area (Å²) in [6.45, 7) is 20.5. The number of likely N-dealkylation sites (tertiary alicyclic amines) is 4. The number of fused-ring (bicyclic) bond motifs is 8. The molecule has 740 valence electrons. The first-order valence-corrected chi connectivity index (χ1v) is 51.5. The number of amides is 4. The van der Waals surface area contributed by atoms with Crippen molar-refractivity contribution in [3.63, 3.8) is 0 Å². The van der Waals surface area contributed by atoms with Crippen molar-refractivity contribution in [3.05, 3.63) is 201 Å². The van der Waals surface area contributed by atoms with Crippen LogP contribution in [-0.4, -0.2) is 241 Å². The molecule has 4 amide bonds. The number of nitriles is 2. The molecule has 4 spiro atoms. The Kier molecular flexibility index (Phi) is 28.8. The van der Waals surface area contributed by atoms with E-state index in [0.29, 0.717) is 171 Å². The van der Waals surface area contributed by atoms with Crippen molar-refractivity contribution in [2.24, 2.45) is 0 Å². The highest BCUT2D eigenvalue weighted by Gasteiger charge is 2.53. The highest BCUT2D eigenvalue weighted by Crippen LogP contribution is 2.54. The average Bonchev–Trinajstić information content (AvgIpc) is 1.59. The van der Waals surface area contributed by atoms with Gasteiger partial charge < -0.3 is 76.3 Å². The summed E-state index contributed by atoms with van der Waals surface area (Å²) in [6, 6.07) is 48.7. The van der Waals surface area contributed by atoms with Crippen LogP contribution in [0.25, 0.3) is 91.4 Å². The number of sulfone groups is 2. The maximum absolute atomic E-state index is 12.7. The molecule has 2 N–H and O–H groups in total. The number of nitrogens with zero attached hydrogens (tertiary/aromatic N) is 14. The largest absolute Gasteiger partial charge is 0.490 e. The van der Waals surface area contributed by atoms with Crippen molar-refractivity contribution in [1.29, 1.82) is 10.5 Å².